The van der Waals surface area contributed by atoms with Gasteiger partial charge < -0.3 is 18.3 Å². The van der Waals surface area contributed by atoms with Crippen molar-refractivity contribution in [3.8, 4) is 11.5 Å². The molecule has 0 aliphatic carbocycles. The van der Waals surface area contributed by atoms with Crippen molar-refractivity contribution in [2.24, 2.45) is 0 Å². The van der Waals surface area contributed by atoms with E-state index in [9.17, 15) is 4.79 Å². The summed E-state index contributed by atoms with van der Waals surface area (Å²) in [7, 11) is 0. The molecule has 0 radical (unpaired) electrons. The molecule has 7 heteroatoms. The molecule has 3 aromatic rings. The van der Waals surface area contributed by atoms with Gasteiger partial charge in [0.1, 0.15) is 5.76 Å². The van der Waals surface area contributed by atoms with Crippen LogP contribution in [-0.2, 0) is 0 Å². The minimum atomic E-state index is -0.114. The molecule has 0 saturated carbocycles. The Bertz CT molecular complexity index is 795. The highest BCUT2D eigenvalue weighted by atomic mass is 32.2. The van der Waals surface area contributed by atoms with Gasteiger partial charge in [0.25, 0.3) is 5.91 Å². The van der Waals surface area contributed by atoms with E-state index in [2.05, 4.69) is 5.16 Å². The van der Waals surface area contributed by atoms with Gasteiger partial charge in [-0.2, -0.15) is 0 Å². The molecule has 4 rings (SSSR count). The number of thioether (sulfide) groups is 1. The maximum Gasteiger partial charge on any atom is 0.276 e. The zero-order chi connectivity index (χ0) is 16.4. The zero-order valence-corrected chi connectivity index (χ0v) is 13.7. The lowest BCUT2D eigenvalue weighted by atomic mass is 10.2. The van der Waals surface area contributed by atoms with E-state index < -0.39 is 0 Å². The smallest absolute Gasteiger partial charge is 0.276 e. The Kier molecular flexibility index (Phi) is 4.17. The molecule has 0 bridgehead atoms. The van der Waals surface area contributed by atoms with Crippen LogP contribution in [0.25, 0.3) is 11.5 Å². The summed E-state index contributed by atoms with van der Waals surface area (Å²) in [4.78, 5) is 14.5. The average molecular weight is 344 g/mol. The number of rotatable bonds is 3. The molecule has 124 valence electrons. The lowest BCUT2D eigenvalue weighted by Gasteiger charge is -2.18. The number of aromatic nitrogens is 1. The highest BCUT2D eigenvalue weighted by molar-refractivity contribution is 7.99. The summed E-state index contributed by atoms with van der Waals surface area (Å²) < 4.78 is 16.0. The van der Waals surface area contributed by atoms with Gasteiger partial charge in [0, 0.05) is 24.9 Å². The second-order valence-corrected chi connectivity index (χ2v) is 6.82. The van der Waals surface area contributed by atoms with Crippen molar-refractivity contribution in [1.82, 2.24) is 10.1 Å². The van der Waals surface area contributed by atoms with E-state index in [0.717, 1.165) is 17.9 Å². The highest BCUT2D eigenvalue weighted by Crippen LogP contribution is 2.34. The number of hydrogen-bond donors (Lipinski definition) is 0. The third-order valence-corrected chi connectivity index (χ3v) is 5.27. The molecule has 0 unspecified atom stereocenters. The van der Waals surface area contributed by atoms with Crippen LogP contribution in [0.2, 0.25) is 0 Å². The highest BCUT2D eigenvalue weighted by Gasteiger charge is 2.26. The lowest BCUT2D eigenvalue weighted by molar-refractivity contribution is 0.0755. The molecule has 1 aliphatic rings. The van der Waals surface area contributed by atoms with E-state index in [1.165, 1.54) is 0 Å². The van der Waals surface area contributed by atoms with E-state index in [-0.39, 0.29) is 11.2 Å². The predicted molar refractivity (Wildman–Crippen MR) is 88.6 cm³/mol. The van der Waals surface area contributed by atoms with Gasteiger partial charge in [0.05, 0.1) is 17.8 Å². The molecule has 1 fully saturated rings. The van der Waals surface area contributed by atoms with Crippen LogP contribution in [-0.4, -0.2) is 34.8 Å². The average Bonchev–Trinajstić information content (AvgIpc) is 3.33. The standard InChI is InChI=1S/C17H16N2O4S/c20-17(12-11-15(23-18-12)13-3-1-8-21-13)19-6-5-16(24-10-7-19)14-4-2-9-22-14/h1-4,8-9,11,16H,5-7,10H2/t16-/m0/s1. The quantitative estimate of drug-likeness (QED) is 0.718. The van der Waals surface area contributed by atoms with Crippen molar-refractivity contribution in [1.29, 1.82) is 0 Å². The molecule has 0 N–H and O–H groups in total. The van der Waals surface area contributed by atoms with Crippen molar-refractivity contribution in [3.63, 3.8) is 0 Å². The van der Waals surface area contributed by atoms with Gasteiger partial charge in [0.2, 0.25) is 5.76 Å². The third-order valence-electron chi connectivity index (χ3n) is 3.98. The van der Waals surface area contributed by atoms with Crippen molar-refractivity contribution in [2.75, 3.05) is 18.8 Å². The first-order valence-electron chi connectivity index (χ1n) is 7.76. The Morgan fingerprint density at radius 1 is 1.17 bits per heavy atom. The number of carbonyl (C=O) groups excluding carboxylic acids is 1. The van der Waals surface area contributed by atoms with Gasteiger partial charge in [0.15, 0.2) is 11.5 Å². The van der Waals surface area contributed by atoms with E-state index in [4.69, 9.17) is 13.4 Å². The first-order chi connectivity index (χ1) is 11.8. The Morgan fingerprint density at radius 2 is 2.04 bits per heavy atom. The SMILES string of the molecule is O=C(c1cc(-c2ccco2)on1)N1CCS[C@H](c2ccco2)CC1. The Morgan fingerprint density at radius 3 is 2.83 bits per heavy atom. The molecule has 1 aliphatic heterocycles. The fraction of sp³-hybridized carbons (Fsp3) is 0.294. The van der Waals surface area contributed by atoms with Gasteiger partial charge in [-0.3, -0.25) is 4.79 Å². The molecular formula is C17H16N2O4S. The van der Waals surface area contributed by atoms with Crippen molar-refractivity contribution in [3.05, 3.63) is 54.3 Å². The van der Waals surface area contributed by atoms with Crippen LogP contribution in [0.15, 0.2) is 56.2 Å². The minimum Gasteiger partial charge on any atom is -0.468 e. The van der Waals surface area contributed by atoms with Gasteiger partial charge in [-0.15, -0.1) is 11.8 Å². The molecule has 1 amide bonds. The monoisotopic (exact) mass is 344 g/mol. The number of furan rings is 2. The van der Waals surface area contributed by atoms with Gasteiger partial charge in [-0.05, 0) is 30.7 Å². The molecular weight excluding hydrogens is 328 g/mol. The summed E-state index contributed by atoms with van der Waals surface area (Å²) in [6, 6.07) is 9.05. The fourth-order valence-corrected chi connectivity index (χ4v) is 3.93. The van der Waals surface area contributed by atoms with E-state index in [1.54, 1.807) is 30.7 Å². The van der Waals surface area contributed by atoms with Gasteiger partial charge >= 0.3 is 0 Å². The molecule has 24 heavy (non-hydrogen) atoms. The zero-order valence-electron chi connectivity index (χ0n) is 12.9. The van der Waals surface area contributed by atoms with Crippen molar-refractivity contribution in [2.45, 2.75) is 11.7 Å². The summed E-state index contributed by atoms with van der Waals surface area (Å²) in [5.74, 6) is 2.74. The number of hydrogen-bond acceptors (Lipinski definition) is 6. The first-order valence-corrected chi connectivity index (χ1v) is 8.81. The fourth-order valence-electron chi connectivity index (χ4n) is 2.75. The first kappa shape index (κ1) is 15.1. The molecule has 0 aromatic carbocycles. The molecule has 4 heterocycles. The van der Waals surface area contributed by atoms with Crippen LogP contribution in [0.3, 0.4) is 0 Å². The number of amides is 1. The summed E-state index contributed by atoms with van der Waals surface area (Å²) in [5.41, 5.74) is 0.308. The number of carbonyl (C=O) groups is 1. The lowest BCUT2D eigenvalue weighted by Crippen LogP contribution is -2.33. The van der Waals surface area contributed by atoms with Crippen molar-refractivity contribution < 1.29 is 18.2 Å². The van der Waals surface area contributed by atoms with E-state index in [0.29, 0.717) is 30.3 Å². The Balaban J connectivity index is 1.45. The number of nitrogens with zero attached hydrogens (tertiary/aromatic N) is 2. The normalized spacial score (nSPS) is 18.5. The van der Waals surface area contributed by atoms with Crippen LogP contribution in [0.5, 0.6) is 0 Å². The summed E-state index contributed by atoms with van der Waals surface area (Å²) in [6.45, 7) is 1.35. The van der Waals surface area contributed by atoms with Crippen LogP contribution in [0.1, 0.15) is 27.9 Å². The topological polar surface area (TPSA) is 72.6 Å². The molecule has 0 spiro atoms. The summed E-state index contributed by atoms with van der Waals surface area (Å²) in [5, 5.41) is 4.18. The molecule has 1 saturated heterocycles. The van der Waals surface area contributed by atoms with Crippen molar-refractivity contribution >= 4 is 17.7 Å². The maximum atomic E-state index is 12.7. The Hall–Kier alpha value is -2.41. The van der Waals surface area contributed by atoms with Gasteiger partial charge in [-0.25, -0.2) is 0 Å². The van der Waals surface area contributed by atoms with Crippen LogP contribution < -0.4 is 0 Å². The second-order valence-electron chi connectivity index (χ2n) is 5.51. The predicted octanol–water partition coefficient (Wildman–Crippen LogP) is 3.85. The minimum absolute atomic E-state index is 0.114. The Labute approximate surface area is 142 Å². The molecule has 3 aromatic heterocycles. The van der Waals surface area contributed by atoms with E-state index >= 15 is 0 Å². The van der Waals surface area contributed by atoms with E-state index in [1.807, 2.05) is 28.8 Å². The third kappa shape index (κ3) is 2.99. The van der Waals surface area contributed by atoms with Gasteiger partial charge in [-0.1, -0.05) is 5.16 Å². The summed E-state index contributed by atoms with van der Waals surface area (Å²) >= 11 is 1.81. The molecule has 1 atom stereocenters. The summed E-state index contributed by atoms with van der Waals surface area (Å²) in [6.07, 6.45) is 4.10. The molecule has 6 nitrogen and oxygen atoms in total. The van der Waals surface area contributed by atoms with Crippen LogP contribution in [0, 0.1) is 0 Å². The van der Waals surface area contributed by atoms with Crippen LogP contribution >= 0.6 is 11.8 Å². The van der Waals surface area contributed by atoms with Crippen LogP contribution in [0.4, 0.5) is 0 Å². The largest absolute Gasteiger partial charge is 0.468 e. The maximum absolute atomic E-state index is 12.7. The second kappa shape index (κ2) is 6.60.